The molecule has 0 aliphatic carbocycles. The molecule has 1 aromatic carbocycles. The van der Waals surface area contributed by atoms with E-state index in [4.69, 9.17) is 5.11 Å². The monoisotopic (exact) mass is 354 g/mol. The lowest BCUT2D eigenvalue weighted by Gasteiger charge is -2.18. The van der Waals surface area contributed by atoms with Gasteiger partial charge in [0.15, 0.2) is 0 Å². The number of benzene rings is 1. The van der Waals surface area contributed by atoms with E-state index in [2.05, 4.69) is 22.5 Å². The van der Waals surface area contributed by atoms with Crippen molar-refractivity contribution in [2.75, 3.05) is 11.4 Å². The Balaban J connectivity index is 2.58. The van der Waals surface area contributed by atoms with Crippen molar-refractivity contribution in [1.82, 2.24) is 0 Å². The highest BCUT2D eigenvalue weighted by Crippen LogP contribution is 2.40. The number of aromatic carboxylic acids is 1. The van der Waals surface area contributed by atoms with Gasteiger partial charge in [-0.3, -0.25) is 14.9 Å². The second-order valence-electron chi connectivity index (χ2n) is 4.59. The smallest absolute Gasteiger partial charge is 0.335 e. The maximum absolute atomic E-state index is 12.0. The summed E-state index contributed by atoms with van der Waals surface area (Å²) < 4.78 is 0.201. The van der Waals surface area contributed by atoms with Crippen molar-refractivity contribution in [3.05, 3.63) is 44.9 Å². The van der Waals surface area contributed by atoms with Gasteiger partial charge >= 0.3 is 5.97 Å². The van der Waals surface area contributed by atoms with Gasteiger partial charge in [-0.1, -0.05) is 6.08 Å². The minimum atomic E-state index is -1.28. The van der Waals surface area contributed by atoms with E-state index >= 15 is 0 Å². The molecule has 0 spiro atoms. The molecule has 0 saturated carbocycles. The van der Waals surface area contributed by atoms with Crippen molar-refractivity contribution >= 4 is 39.2 Å². The van der Waals surface area contributed by atoms with Crippen molar-refractivity contribution in [3.8, 4) is 0 Å². The molecule has 110 valence electrons. The Morgan fingerprint density at radius 3 is 2.71 bits per heavy atom. The number of nitrogens with zero attached hydrogens (tertiary/aromatic N) is 2. The van der Waals surface area contributed by atoms with Gasteiger partial charge in [-0.25, -0.2) is 4.79 Å². The molecule has 8 heteroatoms. The Hall–Kier alpha value is -2.22. The predicted octanol–water partition coefficient (Wildman–Crippen LogP) is 2.59. The lowest BCUT2D eigenvalue weighted by molar-refractivity contribution is -0.384. The van der Waals surface area contributed by atoms with Gasteiger partial charge in [0.2, 0.25) is 5.91 Å². The molecule has 1 fully saturated rings. The average molecular weight is 355 g/mol. The van der Waals surface area contributed by atoms with Crippen molar-refractivity contribution in [2.24, 2.45) is 5.92 Å². The standard InChI is InChI=1S/C13H11BrN2O5/c1-2-7-3-11(17)15(6-7)12-9(14)4-8(13(18)19)5-10(12)16(20)21/h2,4-5,7H,1,3,6H2,(H,18,19). The maximum atomic E-state index is 12.0. The van der Waals surface area contributed by atoms with Crippen LogP contribution in [0.1, 0.15) is 16.8 Å². The van der Waals surface area contributed by atoms with Gasteiger partial charge in [0, 0.05) is 29.4 Å². The molecule has 1 N–H and O–H groups in total. The van der Waals surface area contributed by atoms with Crippen molar-refractivity contribution in [3.63, 3.8) is 0 Å². The Kier molecular flexibility index (Phi) is 4.08. The fourth-order valence-corrected chi connectivity index (χ4v) is 2.89. The van der Waals surface area contributed by atoms with E-state index in [-0.39, 0.29) is 40.5 Å². The second kappa shape index (κ2) is 5.65. The third-order valence-corrected chi connectivity index (χ3v) is 3.85. The van der Waals surface area contributed by atoms with Crippen LogP contribution >= 0.6 is 15.9 Å². The van der Waals surface area contributed by atoms with Crippen LogP contribution in [0, 0.1) is 16.0 Å². The van der Waals surface area contributed by atoms with E-state index in [1.54, 1.807) is 6.08 Å². The van der Waals surface area contributed by atoms with Crippen LogP contribution in [0.25, 0.3) is 0 Å². The fraction of sp³-hybridized carbons (Fsp3) is 0.231. The molecule has 0 bridgehead atoms. The Morgan fingerprint density at radius 2 is 2.24 bits per heavy atom. The van der Waals surface area contributed by atoms with Crippen LogP contribution in [0.15, 0.2) is 29.3 Å². The molecular weight excluding hydrogens is 344 g/mol. The van der Waals surface area contributed by atoms with Crippen LogP contribution < -0.4 is 4.90 Å². The topological polar surface area (TPSA) is 101 Å². The third kappa shape index (κ3) is 2.80. The summed E-state index contributed by atoms with van der Waals surface area (Å²) in [6.07, 6.45) is 1.86. The Labute approximate surface area is 128 Å². The van der Waals surface area contributed by atoms with Crippen LogP contribution in [-0.4, -0.2) is 28.5 Å². The first-order chi connectivity index (χ1) is 9.85. The summed E-state index contributed by atoms with van der Waals surface area (Å²) >= 11 is 3.13. The molecule has 1 aliphatic heterocycles. The summed E-state index contributed by atoms with van der Waals surface area (Å²) in [5.41, 5.74) is -0.552. The number of carbonyl (C=O) groups is 2. The summed E-state index contributed by atoms with van der Waals surface area (Å²) in [5.74, 6) is -1.61. The molecule has 1 atom stereocenters. The van der Waals surface area contributed by atoms with E-state index in [9.17, 15) is 19.7 Å². The number of hydrogen-bond acceptors (Lipinski definition) is 4. The van der Waals surface area contributed by atoms with Crippen LogP contribution in [0.4, 0.5) is 11.4 Å². The Bertz CT molecular complexity index is 658. The van der Waals surface area contributed by atoms with Gasteiger partial charge in [-0.05, 0) is 22.0 Å². The summed E-state index contributed by atoms with van der Waals surface area (Å²) in [6, 6.07) is 2.20. The lowest BCUT2D eigenvalue weighted by Crippen LogP contribution is -2.26. The van der Waals surface area contributed by atoms with E-state index < -0.39 is 16.6 Å². The molecule has 0 aromatic heterocycles. The minimum Gasteiger partial charge on any atom is -0.478 e. The van der Waals surface area contributed by atoms with Crippen LogP contribution in [0.3, 0.4) is 0 Å². The number of rotatable bonds is 4. The fourth-order valence-electron chi connectivity index (χ4n) is 2.22. The normalized spacial score (nSPS) is 17.9. The van der Waals surface area contributed by atoms with E-state index in [1.807, 2.05) is 0 Å². The second-order valence-corrected chi connectivity index (χ2v) is 5.45. The average Bonchev–Trinajstić information content (AvgIpc) is 2.78. The number of nitro groups is 1. The highest BCUT2D eigenvalue weighted by atomic mass is 79.9. The van der Waals surface area contributed by atoms with E-state index in [0.717, 1.165) is 6.07 Å². The number of halogens is 1. The number of anilines is 1. The molecule has 1 unspecified atom stereocenters. The van der Waals surface area contributed by atoms with Crippen LogP contribution in [-0.2, 0) is 4.79 Å². The summed E-state index contributed by atoms with van der Waals surface area (Å²) in [5, 5.41) is 20.2. The number of carbonyl (C=O) groups excluding carboxylic acids is 1. The number of carboxylic acids is 1. The first-order valence-electron chi connectivity index (χ1n) is 5.99. The highest BCUT2D eigenvalue weighted by molar-refractivity contribution is 9.10. The molecule has 1 saturated heterocycles. The SMILES string of the molecule is C=CC1CC(=O)N(c2c(Br)cc(C(=O)O)cc2[N+](=O)[O-])C1. The summed E-state index contributed by atoms with van der Waals surface area (Å²) in [7, 11) is 0. The highest BCUT2D eigenvalue weighted by Gasteiger charge is 2.35. The zero-order valence-electron chi connectivity index (χ0n) is 10.8. The van der Waals surface area contributed by atoms with Crippen molar-refractivity contribution < 1.29 is 19.6 Å². The van der Waals surface area contributed by atoms with E-state index in [1.165, 1.54) is 11.0 Å². The summed E-state index contributed by atoms with van der Waals surface area (Å²) in [6.45, 7) is 3.91. The molecule has 1 aromatic rings. The Morgan fingerprint density at radius 1 is 1.57 bits per heavy atom. The van der Waals surface area contributed by atoms with Crippen LogP contribution in [0.2, 0.25) is 0 Å². The molecule has 0 radical (unpaired) electrons. The maximum Gasteiger partial charge on any atom is 0.335 e. The van der Waals surface area contributed by atoms with Gasteiger partial charge in [0.1, 0.15) is 5.69 Å². The number of hydrogen-bond donors (Lipinski definition) is 1. The summed E-state index contributed by atoms with van der Waals surface area (Å²) in [4.78, 5) is 34.8. The first-order valence-corrected chi connectivity index (χ1v) is 6.78. The van der Waals surface area contributed by atoms with Gasteiger partial charge in [-0.15, -0.1) is 6.58 Å². The molecule has 1 aliphatic rings. The lowest BCUT2D eigenvalue weighted by atomic mass is 10.1. The van der Waals surface area contributed by atoms with Gasteiger partial charge in [0.05, 0.1) is 10.5 Å². The molecular formula is C13H11BrN2O5. The number of nitro benzene ring substituents is 1. The zero-order chi connectivity index (χ0) is 15.7. The number of carboxylic acid groups (broad SMARTS) is 1. The predicted molar refractivity (Wildman–Crippen MR) is 78.4 cm³/mol. The quantitative estimate of drug-likeness (QED) is 0.508. The minimum absolute atomic E-state index is 0.0804. The molecule has 1 heterocycles. The first kappa shape index (κ1) is 15.2. The van der Waals surface area contributed by atoms with E-state index in [0.29, 0.717) is 0 Å². The third-order valence-electron chi connectivity index (χ3n) is 3.25. The van der Waals surface area contributed by atoms with Crippen molar-refractivity contribution in [1.29, 1.82) is 0 Å². The molecule has 1 amide bonds. The van der Waals surface area contributed by atoms with Gasteiger partial charge in [-0.2, -0.15) is 0 Å². The largest absolute Gasteiger partial charge is 0.478 e. The zero-order valence-corrected chi connectivity index (χ0v) is 12.4. The van der Waals surface area contributed by atoms with Crippen LogP contribution in [0.5, 0.6) is 0 Å². The molecule has 21 heavy (non-hydrogen) atoms. The number of amides is 1. The van der Waals surface area contributed by atoms with Crippen molar-refractivity contribution in [2.45, 2.75) is 6.42 Å². The molecule has 2 rings (SSSR count). The van der Waals surface area contributed by atoms with Gasteiger partial charge < -0.3 is 10.0 Å². The molecule has 7 nitrogen and oxygen atoms in total. The van der Waals surface area contributed by atoms with Gasteiger partial charge in [0.25, 0.3) is 5.69 Å².